The molecule has 6 heterocycles. The Morgan fingerprint density at radius 1 is 0.351 bits per heavy atom. The van der Waals surface area contributed by atoms with E-state index in [2.05, 4.69) is 59.8 Å². The topological polar surface area (TPSA) is 157 Å². The van der Waals surface area contributed by atoms with Gasteiger partial charge in [-0.25, -0.2) is 19.9 Å². The summed E-state index contributed by atoms with van der Waals surface area (Å²) in [6.45, 7) is 0. The van der Waals surface area contributed by atoms with Gasteiger partial charge in [0, 0.05) is 49.6 Å². The Morgan fingerprint density at radius 2 is 0.649 bits per heavy atom. The quantitative estimate of drug-likeness (QED) is 0.283. The van der Waals surface area contributed by atoms with Crippen molar-refractivity contribution in [2.24, 2.45) is 0 Å². The summed E-state index contributed by atoms with van der Waals surface area (Å²) in [7, 11) is 0. The van der Waals surface area contributed by atoms with E-state index in [1.807, 2.05) is 0 Å². The first-order chi connectivity index (χ1) is 17.9. The van der Waals surface area contributed by atoms with Gasteiger partial charge in [0.2, 0.25) is 0 Å². The molecule has 0 atom stereocenters. The number of nitrogens with one attached hydrogen (secondary N) is 2. The molecule has 12 nitrogen and oxygen atoms in total. The van der Waals surface area contributed by atoms with Gasteiger partial charge in [-0.15, -0.1) is 0 Å². The Morgan fingerprint density at radius 3 is 0.892 bits per heavy atom. The molecule has 0 amide bonds. The fourth-order valence-electron chi connectivity index (χ4n) is 2.66. The molecule has 6 aromatic rings. The molecule has 0 aromatic carbocycles. The van der Waals surface area contributed by atoms with E-state index in [1.165, 1.54) is 0 Å². The molecule has 6 rings (SSSR count). The van der Waals surface area contributed by atoms with E-state index >= 15 is 0 Å². The van der Waals surface area contributed by atoms with Gasteiger partial charge in [0.1, 0.15) is 22.8 Å². The molecule has 0 aliphatic rings. The summed E-state index contributed by atoms with van der Waals surface area (Å²) >= 11 is 0. The van der Waals surface area contributed by atoms with Gasteiger partial charge in [0.05, 0.1) is 37.2 Å². The average Bonchev–Trinajstić information content (AvgIpc) is 3.01. The normalized spacial score (nSPS) is 9.41. The number of hydrogen-bond donors (Lipinski definition) is 0. The van der Waals surface area contributed by atoms with Crippen LogP contribution in [0.15, 0.2) is 112 Å². The molecule has 0 aliphatic carbocycles. The van der Waals surface area contributed by atoms with Gasteiger partial charge >= 0.3 is 19.5 Å². The Hall–Kier alpha value is -4.90. The fraction of sp³-hybridized carbons (Fsp3) is 0. The molecule has 13 heteroatoms. The number of H-pyrrole nitrogens is 2. The second kappa shape index (κ2) is 15.2. The largest absolute Gasteiger partial charge is 6.00 e. The third-order valence-corrected chi connectivity index (χ3v) is 4.25. The van der Waals surface area contributed by atoms with E-state index in [4.69, 9.17) is 0 Å². The summed E-state index contributed by atoms with van der Waals surface area (Å²) in [5.41, 5.74) is 4.62. The van der Waals surface area contributed by atoms with Crippen LogP contribution >= 0.6 is 0 Å². The summed E-state index contributed by atoms with van der Waals surface area (Å²) in [4.78, 5) is 46.2. The summed E-state index contributed by atoms with van der Waals surface area (Å²) in [6, 6.07) is 0. The van der Waals surface area contributed by atoms with E-state index in [1.54, 1.807) is 112 Å². The van der Waals surface area contributed by atoms with Crippen LogP contribution in [-0.4, -0.2) is 49.8 Å². The molecule has 0 spiro atoms. The smallest absolute Gasteiger partial charge is 0.261 e. The molecule has 0 saturated carbocycles. The van der Waals surface area contributed by atoms with Gasteiger partial charge in [-0.1, -0.05) is 0 Å². The van der Waals surface area contributed by atoms with Gasteiger partial charge in [-0.05, 0) is 0 Å². The summed E-state index contributed by atoms with van der Waals surface area (Å²) in [5.74, 6) is 0. The van der Waals surface area contributed by atoms with Crippen molar-refractivity contribution in [2.75, 3.05) is 0 Å². The molecule has 6 aromatic heterocycles. The monoisotopic (exact) mass is 578 g/mol. The van der Waals surface area contributed by atoms with Crippen LogP contribution < -0.4 is 9.97 Å². The average molecular weight is 578 g/mol. The van der Waals surface area contributed by atoms with Crippen LogP contribution in [0.4, 0.5) is 0 Å². The zero-order chi connectivity index (χ0) is 24.7. The summed E-state index contributed by atoms with van der Waals surface area (Å²) < 4.78 is 0. The van der Waals surface area contributed by atoms with Crippen molar-refractivity contribution in [2.45, 2.75) is 0 Å². The fourth-order valence-corrected chi connectivity index (χ4v) is 2.66. The van der Waals surface area contributed by atoms with Crippen molar-refractivity contribution >= 4 is 0 Å². The van der Waals surface area contributed by atoms with Crippen LogP contribution in [0, 0.1) is 0 Å². The van der Waals surface area contributed by atoms with Crippen molar-refractivity contribution in [3.8, 4) is 34.2 Å². The van der Waals surface area contributed by atoms with Gasteiger partial charge in [-0.2, -0.15) is 0 Å². The van der Waals surface area contributed by atoms with Crippen molar-refractivity contribution in [3.63, 3.8) is 0 Å². The van der Waals surface area contributed by atoms with Gasteiger partial charge in [0.15, 0.2) is 36.2 Å². The van der Waals surface area contributed by atoms with Gasteiger partial charge in [-0.3, -0.25) is 39.9 Å². The number of hydrogen-bond acceptors (Lipinski definition) is 10. The zero-order valence-electron chi connectivity index (χ0n) is 19.2. The van der Waals surface area contributed by atoms with Crippen LogP contribution in [-0.2, 0) is 19.5 Å². The molecule has 0 unspecified atom stereocenters. The van der Waals surface area contributed by atoms with Crippen molar-refractivity contribution in [1.29, 1.82) is 0 Å². The van der Waals surface area contributed by atoms with Crippen LogP contribution in [0.2, 0.25) is 0 Å². The minimum atomic E-state index is 0. The second-order valence-corrected chi connectivity index (χ2v) is 6.64. The minimum Gasteiger partial charge on any atom is -0.261 e. The van der Waals surface area contributed by atoms with Crippen LogP contribution in [0.5, 0.6) is 0 Å². The predicted molar refractivity (Wildman–Crippen MR) is 127 cm³/mol. The van der Waals surface area contributed by atoms with Gasteiger partial charge in [0.25, 0.3) is 0 Å². The molecular formula is C24H20N12Ru+8. The predicted octanol–water partition coefficient (Wildman–Crippen LogP) is 1.64. The molecule has 0 bridgehead atoms. The van der Waals surface area contributed by atoms with Crippen molar-refractivity contribution < 1.29 is 29.4 Å². The van der Waals surface area contributed by atoms with Crippen LogP contribution in [0.3, 0.4) is 0 Å². The maximum Gasteiger partial charge on any atom is 6.00 e. The van der Waals surface area contributed by atoms with E-state index in [-0.39, 0.29) is 19.5 Å². The van der Waals surface area contributed by atoms with Crippen LogP contribution in [0.25, 0.3) is 34.2 Å². The Kier molecular flexibility index (Phi) is 10.9. The molecule has 176 valence electrons. The number of aromatic nitrogens is 12. The Balaban J connectivity index is 0.000000152. The minimum absolute atomic E-state index is 0. The Labute approximate surface area is 224 Å². The van der Waals surface area contributed by atoms with E-state index in [0.29, 0.717) is 0 Å². The van der Waals surface area contributed by atoms with Crippen molar-refractivity contribution in [3.05, 3.63) is 112 Å². The number of aromatic amines is 2. The molecule has 37 heavy (non-hydrogen) atoms. The molecule has 0 saturated heterocycles. The van der Waals surface area contributed by atoms with Gasteiger partial charge < -0.3 is 0 Å². The van der Waals surface area contributed by atoms with E-state index in [0.717, 1.165) is 34.2 Å². The van der Waals surface area contributed by atoms with Crippen LogP contribution in [0.1, 0.15) is 0 Å². The summed E-state index contributed by atoms with van der Waals surface area (Å²) in [6.07, 6.45) is 30.2. The van der Waals surface area contributed by atoms with E-state index < -0.39 is 0 Å². The van der Waals surface area contributed by atoms with Crippen molar-refractivity contribution in [1.82, 2.24) is 49.8 Å². The standard InChI is InChI=1S/3C8H6N4.Ru/c3*1-3-11-7(5-9-1)8-6-10-2-4-12-8;/h3*1-6H;/q;;;+6/p+2. The first-order valence-corrected chi connectivity index (χ1v) is 10.6. The molecule has 0 aliphatic heterocycles. The SMILES string of the molecule is [Ru+6].c1cnc(-c2c[nH+]ccn2)cn1.c1cnc(-c2c[nH+]ccn2)cn1.c1cnc(-c2cnccn2)cn1. The number of nitrogens with zero attached hydrogens (tertiary/aromatic N) is 10. The third-order valence-electron chi connectivity index (χ3n) is 4.25. The second-order valence-electron chi connectivity index (χ2n) is 6.64. The number of rotatable bonds is 3. The Bertz CT molecular complexity index is 1110. The third kappa shape index (κ3) is 8.68. The maximum absolute atomic E-state index is 4.12. The van der Waals surface area contributed by atoms with E-state index in [9.17, 15) is 0 Å². The molecule has 0 radical (unpaired) electrons. The first-order valence-electron chi connectivity index (χ1n) is 10.6. The molecule has 2 N–H and O–H groups in total. The molecular weight excluding hydrogens is 557 g/mol. The first kappa shape index (κ1) is 26.7. The zero-order valence-corrected chi connectivity index (χ0v) is 21.0. The summed E-state index contributed by atoms with van der Waals surface area (Å²) in [5, 5.41) is 0. The maximum atomic E-state index is 4.12. The molecule has 0 fully saturated rings.